The van der Waals surface area contributed by atoms with Crippen molar-refractivity contribution in [2.75, 3.05) is 0 Å². The Kier molecular flexibility index (Phi) is 7.00. The van der Waals surface area contributed by atoms with Crippen LogP contribution in [0.3, 0.4) is 0 Å². The minimum absolute atomic E-state index is 0.683. The van der Waals surface area contributed by atoms with Gasteiger partial charge in [-0.25, -0.2) is 0 Å². The minimum Gasteiger partial charge on any atom is -0.118 e. The van der Waals surface area contributed by atoms with Crippen LogP contribution < -0.4 is 0 Å². The number of allylic oxidation sites excluding steroid dienone is 2. The SMILES string of the molecule is C=CCCCCC(Sc1ccccc1)C1=CCCCC1. The Balaban J connectivity index is 1.95. The average Bonchev–Trinajstić information content (AvgIpc) is 2.52. The second-order valence-corrected chi connectivity index (χ2v) is 6.79. The maximum atomic E-state index is 3.82. The Labute approximate surface area is 128 Å². The molecule has 2 rings (SSSR count). The first-order chi connectivity index (χ1) is 9.90. The third-order valence-electron chi connectivity index (χ3n) is 3.89. The summed E-state index contributed by atoms with van der Waals surface area (Å²) in [5.41, 5.74) is 1.70. The van der Waals surface area contributed by atoms with E-state index >= 15 is 0 Å². The molecule has 108 valence electrons. The van der Waals surface area contributed by atoms with Crippen molar-refractivity contribution in [3.63, 3.8) is 0 Å². The molecule has 0 aromatic heterocycles. The molecule has 20 heavy (non-hydrogen) atoms. The highest BCUT2D eigenvalue weighted by Crippen LogP contribution is 2.35. The first-order valence-corrected chi connectivity index (χ1v) is 8.79. The molecular weight excluding hydrogens is 260 g/mol. The molecule has 0 nitrogen and oxygen atoms in total. The quantitative estimate of drug-likeness (QED) is 0.303. The first kappa shape index (κ1) is 15.4. The Morgan fingerprint density at radius 3 is 2.70 bits per heavy atom. The molecule has 1 heteroatoms. The first-order valence-electron chi connectivity index (χ1n) is 7.91. The number of benzene rings is 1. The number of thioether (sulfide) groups is 1. The van der Waals surface area contributed by atoms with E-state index < -0.39 is 0 Å². The highest BCUT2D eigenvalue weighted by atomic mass is 32.2. The van der Waals surface area contributed by atoms with Gasteiger partial charge in [-0.2, -0.15) is 0 Å². The predicted octanol–water partition coefficient (Wildman–Crippen LogP) is 6.39. The lowest BCUT2D eigenvalue weighted by atomic mass is 9.94. The highest BCUT2D eigenvalue weighted by Gasteiger charge is 2.17. The summed E-state index contributed by atoms with van der Waals surface area (Å²) in [6.45, 7) is 3.82. The van der Waals surface area contributed by atoms with Crippen molar-refractivity contribution < 1.29 is 0 Å². The molecule has 0 heterocycles. The number of unbranched alkanes of at least 4 members (excludes halogenated alkanes) is 2. The second kappa shape index (κ2) is 9.07. The van der Waals surface area contributed by atoms with Crippen molar-refractivity contribution in [1.82, 2.24) is 0 Å². The average molecular weight is 286 g/mol. The molecule has 0 aliphatic heterocycles. The second-order valence-electron chi connectivity index (χ2n) is 5.52. The molecule has 1 atom stereocenters. The zero-order valence-corrected chi connectivity index (χ0v) is 13.2. The van der Waals surface area contributed by atoms with Gasteiger partial charge in [0.2, 0.25) is 0 Å². The smallest absolute Gasteiger partial charge is 0.0303 e. The lowest BCUT2D eigenvalue weighted by Gasteiger charge is -2.23. The fourth-order valence-corrected chi connectivity index (χ4v) is 4.05. The third-order valence-corrected chi connectivity index (χ3v) is 5.25. The van der Waals surface area contributed by atoms with Crippen LogP contribution in [0.15, 0.2) is 59.5 Å². The van der Waals surface area contributed by atoms with E-state index in [0.29, 0.717) is 5.25 Å². The summed E-state index contributed by atoms with van der Waals surface area (Å²) in [5.74, 6) is 0. The van der Waals surface area contributed by atoms with Gasteiger partial charge in [0.1, 0.15) is 0 Å². The summed E-state index contributed by atoms with van der Waals surface area (Å²) in [6.07, 6.45) is 15.0. The molecule has 0 radical (unpaired) electrons. The zero-order valence-electron chi connectivity index (χ0n) is 12.4. The molecule has 1 aliphatic rings. The number of hydrogen-bond acceptors (Lipinski definition) is 1. The van der Waals surface area contributed by atoms with Gasteiger partial charge in [-0.3, -0.25) is 0 Å². The lowest BCUT2D eigenvalue weighted by molar-refractivity contribution is 0.637. The van der Waals surface area contributed by atoms with Gasteiger partial charge in [-0.1, -0.05) is 42.3 Å². The largest absolute Gasteiger partial charge is 0.118 e. The number of hydrogen-bond donors (Lipinski definition) is 0. The van der Waals surface area contributed by atoms with Crippen LogP contribution in [0.2, 0.25) is 0 Å². The van der Waals surface area contributed by atoms with Gasteiger partial charge in [-0.15, -0.1) is 18.3 Å². The minimum atomic E-state index is 0.683. The molecule has 0 N–H and O–H groups in total. The van der Waals surface area contributed by atoms with Crippen LogP contribution >= 0.6 is 11.8 Å². The van der Waals surface area contributed by atoms with Gasteiger partial charge in [0.25, 0.3) is 0 Å². The fraction of sp³-hybridized carbons (Fsp3) is 0.474. The molecule has 0 saturated heterocycles. The van der Waals surface area contributed by atoms with Crippen LogP contribution in [0.1, 0.15) is 51.4 Å². The van der Waals surface area contributed by atoms with Gasteiger partial charge in [0.15, 0.2) is 0 Å². The Hall–Kier alpha value is -0.950. The molecule has 0 spiro atoms. The zero-order chi connectivity index (χ0) is 14.0. The number of rotatable bonds is 8. The third kappa shape index (κ3) is 5.20. The van der Waals surface area contributed by atoms with Crippen molar-refractivity contribution >= 4 is 11.8 Å². The molecular formula is C19H26S. The van der Waals surface area contributed by atoms with Crippen molar-refractivity contribution in [1.29, 1.82) is 0 Å². The van der Waals surface area contributed by atoms with Crippen LogP contribution in [0.25, 0.3) is 0 Å². The van der Waals surface area contributed by atoms with Crippen molar-refractivity contribution in [3.05, 3.63) is 54.6 Å². The predicted molar refractivity (Wildman–Crippen MR) is 91.3 cm³/mol. The Morgan fingerprint density at radius 1 is 1.15 bits per heavy atom. The van der Waals surface area contributed by atoms with Gasteiger partial charge in [-0.05, 0) is 57.1 Å². The molecule has 1 aromatic rings. The van der Waals surface area contributed by atoms with Crippen LogP contribution in [-0.2, 0) is 0 Å². The summed E-state index contributed by atoms with van der Waals surface area (Å²) < 4.78 is 0. The van der Waals surface area contributed by atoms with E-state index in [-0.39, 0.29) is 0 Å². The summed E-state index contributed by atoms with van der Waals surface area (Å²) in [7, 11) is 0. The molecule has 0 saturated carbocycles. The van der Waals surface area contributed by atoms with Gasteiger partial charge in [0.05, 0.1) is 0 Å². The summed E-state index contributed by atoms with van der Waals surface area (Å²) in [5, 5.41) is 0.683. The van der Waals surface area contributed by atoms with Crippen molar-refractivity contribution in [3.8, 4) is 0 Å². The topological polar surface area (TPSA) is 0 Å². The van der Waals surface area contributed by atoms with Crippen LogP contribution in [-0.4, -0.2) is 5.25 Å². The maximum Gasteiger partial charge on any atom is 0.0303 e. The Bertz CT molecular complexity index is 419. The van der Waals surface area contributed by atoms with E-state index in [0.717, 1.165) is 6.42 Å². The van der Waals surface area contributed by atoms with Crippen molar-refractivity contribution in [2.24, 2.45) is 0 Å². The normalized spacial score (nSPS) is 16.5. The lowest BCUT2D eigenvalue weighted by Crippen LogP contribution is -2.09. The molecule has 0 amide bonds. The van der Waals surface area contributed by atoms with Gasteiger partial charge < -0.3 is 0 Å². The van der Waals surface area contributed by atoms with E-state index in [4.69, 9.17) is 0 Å². The molecule has 1 unspecified atom stereocenters. The van der Waals surface area contributed by atoms with Crippen LogP contribution in [0.4, 0.5) is 0 Å². The molecule has 1 aromatic carbocycles. The van der Waals surface area contributed by atoms with E-state index in [1.807, 2.05) is 6.08 Å². The highest BCUT2D eigenvalue weighted by molar-refractivity contribution is 8.00. The van der Waals surface area contributed by atoms with E-state index in [2.05, 4.69) is 54.7 Å². The standard InChI is InChI=1S/C19H26S/c1-2-3-4-11-16-19(17-12-7-5-8-13-17)20-18-14-9-6-10-15-18/h2,6,9-10,12,14-15,19H,1,3-5,7-8,11,13,16H2. The van der Waals surface area contributed by atoms with Crippen LogP contribution in [0.5, 0.6) is 0 Å². The fourth-order valence-electron chi connectivity index (χ4n) is 2.76. The van der Waals surface area contributed by atoms with Gasteiger partial charge >= 0.3 is 0 Å². The summed E-state index contributed by atoms with van der Waals surface area (Å²) in [6, 6.07) is 10.9. The van der Waals surface area contributed by atoms with Crippen molar-refractivity contribution in [2.45, 2.75) is 61.5 Å². The maximum absolute atomic E-state index is 3.82. The van der Waals surface area contributed by atoms with E-state index in [1.165, 1.54) is 49.8 Å². The Morgan fingerprint density at radius 2 is 2.00 bits per heavy atom. The van der Waals surface area contributed by atoms with Gasteiger partial charge in [0, 0.05) is 10.1 Å². The summed E-state index contributed by atoms with van der Waals surface area (Å²) in [4.78, 5) is 1.41. The van der Waals surface area contributed by atoms with Crippen LogP contribution in [0, 0.1) is 0 Å². The molecule has 0 bridgehead atoms. The van der Waals surface area contributed by atoms with E-state index in [1.54, 1.807) is 5.57 Å². The summed E-state index contributed by atoms with van der Waals surface area (Å²) >= 11 is 2.06. The van der Waals surface area contributed by atoms with E-state index in [9.17, 15) is 0 Å². The molecule has 1 aliphatic carbocycles. The molecule has 0 fully saturated rings. The monoisotopic (exact) mass is 286 g/mol.